The van der Waals surface area contributed by atoms with Crippen LogP contribution in [-0.2, 0) is 13.5 Å². The molecule has 10 heteroatoms. The quantitative estimate of drug-likeness (QED) is 0.534. The number of carbonyl (C=O) groups excluding carboxylic acids is 1. The summed E-state index contributed by atoms with van der Waals surface area (Å²) in [7, 11) is 1.85. The minimum absolute atomic E-state index is 0.206. The van der Waals surface area contributed by atoms with Crippen LogP contribution < -0.4 is 5.32 Å². The monoisotopic (exact) mass is 401 g/mol. The molecule has 4 aromatic rings. The summed E-state index contributed by atoms with van der Waals surface area (Å²) in [5.74, 6) is -1.31. The van der Waals surface area contributed by atoms with Crippen LogP contribution in [0.2, 0.25) is 0 Å². The van der Waals surface area contributed by atoms with Crippen LogP contribution in [0.15, 0.2) is 30.9 Å². The lowest BCUT2D eigenvalue weighted by Crippen LogP contribution is -2.11. The molecule has 4 heterocycles. The van der Waals surface area contributed by atoms with Gasteiger partial charge in [0.2, 0.25) is 0 Å². The topological polar surface area (TPSA) is 102 Å². The summed E-state index contributed by atoms with van der Waals surface area (Å²) in [6.07, 6.45) is 7.67. The summed E-state index contributed by atoms with van der Waals surface area (Å²) in [4.78, 5) is 25.8. The molecule has 0 atom stereocenters. The van der Waals surface area contributed by atoms with Crippen molar-refractivity contribution in [3.05, 3.63) is 46.9 Å². The van der Waals surface area contributed by atoms with Crippen molar-refractivity contribution in [2.75, 3.05) is 5.32 Å². The number of aromatic carboxylic acids is 1. The van der Waals surface area contributed by atoms with Crippen LogP contribution in [0, 0.1) is 0 Å². The van der Waals surface area contributed by atoms with E-state index in [2.05, 4.69) is 15.5 Å². The minimum Gasteiger partial charge on any atom is -0.477 e. The van der Waals surface area contributed by atoms with Crippen LogP contribution >= 0.6 is 22.7 Å². The predicted octanol–water partition coefficient (Wildman–Crippen LogP) is 3.37. The van der Waals surface area contributed by atoms with E-state index in [9.17, 15) is 9.59 Å². The van der Waals surface area contributed by atoms with Crippen molar-refractivity contribution in [2.24, 2.45) is 7.05 Å². The highest BCUT2D eigenvalue weighted by Gasteiger charge is 2.20. The fraction of sp³-hybridized carbons (Fsp3) is 0.176. The molecule has 0 saturated carbocycles. The number of nitrogens with zero attached hydrogens (tertiary/aromatic N) is 4. The third kappa shape index (κ3) is 3.13. The van der Waals surface area contributed by atoms with Crippen molar-refractivity contribution in [1.29, 1.82) is 0 Å². The molecule has 0 radical (unpaired) electrons. The van der Waals surface area contributed by atoms with Gasteiger partial charge in [-0.05, 0) is 18.1 Å². The molecule has 4 aromatic heterocycles. The van der Waals surface area contributed by atoms with E-state index in [-0.39, 0.29) is 10.8 Å². The van der Waals surface area contributed by atoms with E-state index in [4.69, 9.17) is 5.11 Å². The van der Waals surface area contributed by atoms with Gasteiger partial charge in [-0.3, -0.25) is 9.48 Å². The Balaban J connectivity index is 1.65. The zero-order valence-electron chi connectivity index (χ0n) is 14.5. The van der Waals surface area contributed by atoms with Gasteiger partial charge in [0.25, 0.3) is 5.91 Å². The number of carboxylic acids is 1. The molecule has 0 aliphatic carbocycles. The molecule has 2 N–H and O–H groups in total. The average Bonchev–Trinajstić information content (AvgIpc) is 3.36. The van der Waals surface area contributed by atoms with E-state index >= 15 is 0 Å². The Morgan fingerprint density at radius 1 is 1.22 bits per heavy atom. The van der Waals surface area contributed by atoms with Crippen LogP contribution in [0.5, 0.6) is 0 Å². The first-order chi connectivity index (χ1) is 13.0. The van der Waals surface area contributed by atoms with Gasteiger partial charge >= 0.3 is 5.97 Å². The highest BCUT2D eigenvalue weighted by atomic mass is 32.1. The number of amides is 1. The zero-order chi connectivity index (χ0) is 19.1. The van der Waals surface area contributed by atoms with Gasteiger partial charge in [-0.15, -0.1) is 22.7 Å². The second kappa shape index (κ2) is 6.63. The number of hydrogen-bond donors (Lipinski definition) is 2. The van der Waals surface area contributed by atoms with Gasteiger partial charge in [0, 0.05) is 25.0 Å². The molecule has 8 nitrogen and oxygen atoms in total. The Labute approximate surface area is 161 Å². The second-order valence-corrected chi connectivity index (χ2v) is 7.97. The Kier molecular flexibility index (Phi) is 4.28. The van der Waals surface area contributed by atoms with Gasteiger partial charge in [0.15, 0.2) is 0 Å². The number of nitrogens with one attached hydrogen (secondary N) is 1. The Hall–Kier alpha value is -2.98. The molecule has 0 spiro atoms. The van der Waals surface area contributed by atoms with Crippen LogP contribution in [0.3, 0.4) is 0 Å². The third-order valence-electron chi connectivity index (χ3n) is 4.06. The molecule has 0 fully saturated rings. The largest absolute Gasteiger partial charge is 0.477 e. The first kappa shape index (κ1) is 17.4. The van der Waals surface area contributed by atoms with E-state index in [1.807, 2.05) is 26.4 Å². The van der Waals surface area contributed by atoms with Crippen molar-refractivity contribution >= 4 is 44.4 Å². The number of fused-ring (bicyclic) bond motifs is 1. The van der Waals surface area contributed by atoms with Crippen molar-refractivity contribution in [3.8, 4) is 10.4 Å². The molecule has 0 saturated heterocycles. The Morgan fingerprint density at radius 3 is 2.70 bits per heavy atom. The smallest absolute Gasteiger partial charge is 0.345 e. The maximum Gasteiger partial charge on any atom is 0.345 e. The highest BCUT2D eigenvalue weighted by molar-refractivity contribution is 7.21. The second-order valence-electron chi connectivity index (χ2n) is 5.88. The van der Waals surface area contributed by atoms with Crippen molar-refractivity contribution in [3.63, 3.8) is 0 Å². The van der Waals surface area contributed by atoms with Gasteiger partial charge < -0.3 is 10.4 Å². The van der Waals surface area contributed by atoms with Crippen LogP contribution in [-0.4, -0.2) is 36.4 Å². The van der Waals surface area contributed by atoms with E-state index in [0.717, 1.165) is 32.2 Å². The van der Waals surface area contributed by atoms with E-state index < -0.39 is 5.97 Å². The zero-order valence-corrected chi connectivity index (χ0v) is 16.1. The summed E-state index contributed by atoms with van der Waals surface area (Å²) in [6, 6.07) is 1.60. The number of rotatable bonds is 5. The molecule has 27 heavy (non-hydrogen) atoms. The highest BCUT2D eigenvalue weighted by Crippen LogP contribution is 2.32. The standard InChI is InChI=1S/C17H15N5O3S2/c1-3-9-4-12(17(24)25)26-15(9)20-14(23)11-6-19-22-8-13(27-16(11)22)10-5-18-21(2)7-10/h4-8H,3H2,1-2H3,(H,20,23)(H,24,25). The summed E-state index contributed by atoms with van der Waals surface area (Å²) >= 11 is 2.51. The minimum atomic E-state index is -0.998. The molecule has 1 amide bonds. The SMILES string of the molecule is CCc1cc(C(=O)O)sc1NC(=O)c1cnn2cc(-c3cnn(C)c3)sc12. The molecule has 0 aliphatic heterocycles. The number of hydrogen-bond acceptors (Lipinski definition) is 6. The van der Waals surface area contributed by atoms with Gasteiger partial charge in [-0.2, -0.15) is 10.2 Å². The summed E-state index contributed by atoms with van der Waals surface area (Å²) < 4.78 is 3.38. The lowest BCUT2D eigenvalue weighted by atomic mass is 10.2. The maximum atomic E-state index is 12.8. The maximum absolute atomic E-state index is 12.8. The fourth-order valence-corrected chi connectivity index (χ4v) is 4.72. The van der Waals surface area contributed by atoms with Crippen LogP contribution in [0.25, 0.3) is 15.3 Å². The first-order valence-corrected chi connectivity index (χ1v) is 9.73. The number of carboxylic acid groups (broad SMARTS) is 1. The average molecular weight is 401 g/mol. The molecular weight excluding hydrogens is 386 g/mol. The molecular formula is C17H15N5O3S2. The fourth-order valence-electron chi connectivity index (χ4n) is 2.70. The molecule has 0 unspecified atom stereocenters. The normalized spacial score (nSPS) is 11.2. The molecule has 0 aromatic carbocycles. The molecule has 0 bridgehead atoms. The Morgan fingerprint density at radius 2 is 2.04 bits per heavy atom. The van der Waals surface area contributed by atoms with Crippen LogP contribution in [0.1, 0.15) is 32.5 Å². The number of aryl methyl sites for hydroxylation is 2. The van der Waals surface area contributed by atoms with E-state index in [1.54, 1.807) is 21.5 Å². The predicted molar refractivity (Wildman–Crippen MR) is 104 cm³/mol. The van der Waals surface area contributed by atoms with Crippen molar-refractivity contribution in [1.82, 2.24) is 19.4 Å². The van der Waals surface area contributed by atoms with Crippen molar-refractivity contribution in [2.45, 2.75) is 13.3 Å². The van der Waals surface area contributed by atoms with Gasteiger partial charge in [-0.1, -0.05) is 6.92 Å². The molecule has 0 aliphatic rings. The van der Waals surface area contributed by atoms with E-state index in [1.165, 1.54) is 17.5 Å². The van der Waals surface area contributed by atoms with Crippen LogP contribution in [0.4, 0.5) is 5.00 Å². The van der Waals surface area contributed by atoms with Gasteiger partial charge in [0.05, 0.1) is 27.8 Å². The molecule has 138 valence electrons. The number of aromatic nitrogens is 4. The van der Waals surface area contributed by atoms with Crippen molar-refractivity contribution < 1.29 is 14.7 Å². The van der Waals surface area contributed by atoms with E-state index in [0.29, 0.717) is 17.0 Å². The van der Waals surface area contributed by atoms with Gasteiger partial charge in [-0.25, -0.2) is 9.31 Å². The number of anilines is 1. The summed E-state index contributed by atoms with van der Waals surface area (Å²) in [5.41, 5.74) is 2.20. The number of thiazole rings is 1. The lowest BCUT2D eigenvalue weighted by Gasteiger charge is -2.03. The Bertz CT molecular complexity index is 1170. The third-order valence-corrected chi connectivity index (χ3v) is 6.30. The first-order valence-electron chi connectivity index (χ1n) is 8.09. The van der Waals surface area contributed by atoms with Gasteiger partial charge in [0.1, 0.15) is 9.71 Å². The summed E-state index contributed by atoms with van der Waals surface area (Å²) in [6.45, 7) is 1.92. The lowest BCUT2D eigenvalue weighted by molar-refractivity contribution is 0.0702. The summed E-state index contributed by atoms with van der Waals surface area (Å²) in [5, 5.41) is 21.0. The number of thiophene rings is 1. The molecule has 4 rings (SSSR count). The number of carbonyl (C=O) groups is 2.